The molecule has 6 heteroatoms. The number of benzene rings is 2. The Morgan fingerprint density at radius 1 is 1.10 bits per heavy atom. The van der Waals surface area contributed by atoms with Crippen molar-refractivity contribution in [3.8, 4) is 11.5 Å². The Morgan fingerprint density at radius 2 is 1.85 bits per heavy atom. The molecule has 2 rings (SSSR count). The fraction of sp³-hybridized carbons (Fsp3) is 0.143. The van der Waals surface area contributed by atoms with Crippen molar-refractivity contribution in [3.63, 3.8) is 0 Å². The molecular weight excluding hydrogens is 278 g/mol. The van der Waals surface area contributed by atoms with Gasteiger partial charge < -0.3 is 19.5 Å². The molecule has 0 amide bonds. The summed E-state index contributed by atoms with van der Waals surface area (Å²) in [5, 5.41) is 18.9. The van der Waals surface area contributed by atoms with Crippen molar-refractivity contribution in [3.05, 3.63) is 53.1 Å². The highest BCUT2D eigenvalue weighted by Crippen LogP contribution is 2.25. The number of para-hydroxylation sites is 1. The number of methoxy groups -OCH3 is 1. The van der Waals surface area contributed by atoms with Crippen molar-refractivity contribution in [1.29, 1.82) is 0 Å². The molecule has 2 aromatic rings. The van der Waals surface area contributed by atoms with E-state index in [0.717, 1.165) is 0 Å². The smallest absolute Gasteiger partial charge is 0.488 e. The van der Waals surface area contributed by atoms with Gasteiger partial charge in [0.25, 0.3) is 0 Å². The van der Waals surface area contributed by atoms with Crippen molar-refractivity contribution in [1.82, 2.24) is 0 Å². The zero-order valence-corrected chi connectivity index (χ0v) is 11.7. The summed E-state index contributed by atoms with van der Waals surface area (Å²) < 4.78 is 10.8. The van der Waals surface area contributed by atoms with Gasteiger partial charge >= 0.3 is 7.12 Å². The van der Waals surface area contributed by atoms with Crippen molar-refractivity contribution in [2.24, 2.45) is 0 Å². The highest BCUT2D eigenvalue weighted by atomic mass is 35.5. The second kappa shape index (κ2) is 6.66. The lowest BCUT2D eigenvalue weighted by Gasteiger charge is -2.12. The number of hydrogen-bond donors (Lipinski definition) is 2. The van der Waals surface area contributed by atoms with Crippen LogP contribution in [-0.2, 0) is 6.61 Å². The highest BCUT2D eigenvalue weighted by molar-refractivity contribution is 6.58. The third-order valence-corrected chi connectivity index (χ3v) is 3.13. The Hall–Kier alpha value is -1.69. The van der Waals surface area contributed by atoms with E-state index in [1.165, 1.54) is 0 Å². The molecule has 0 aromatic heterocycles. The van der Waals surface area contributed by atoms with Crippen LogP contribution in [0.4, 0.5) is 0 Å². The van der Waals surface area contributed by atoms with Gasteiger partial charge in [0.05, 0.1) is 12.1 Å². The molecule has 4 nitrogen and oxygen atoms in total. The molecule has 0 spiro atoms. The minimum atomic E-state index is -1.53. The van der Waals surface area contributed by atoms with Crippen LogP contribution in [0, 0.1) is 0 Å². The SMILES string of the molecule is COc1ccc(B(O)O)cc1COc1ccccc1Cl. The Kier molecular flexibility index (Phi) is 4.90. The minimum absolute atomic E-state index is 0.216. The molecule has 104 valence electrons. The fourth-order valence-electron chi connectivity index (χ4n) is 1.79. The first-order valence-electron chi connectivity index (χ1n) is 6.02. The van der Waals surface area contributed by atoms with Gasteiger partial charge in [0.15, 0.2) is 0 Å². The number of ether oxygens (including phenoxy) is 2. The second-order valence-electron chi connectivity index (χ2n) is 4.16. The quantitative estimate of drug-likeness (QED) is 0.822. The maximum atomic E-state index is 9.19. The average Bonchev–Trinajstić information content (AvgIpc) is 2.46. The lowest BCUT2D eigenvalue weighted by molar-refractivity contribution is 0.297. The van der Waals surface area contributed by atoms with E-state index in [1.54, 1.807) is 37.4 Å². The van der Waals surface area contributed by atoms with E-state index in [0.29, 0.717) is 27.5 Å². The van der Waals surface area contributed by atoms with Crippen molar-refractivity contribution >= 4 is 24.2 Å². The lowest BCUT2D eigenvalue weighted by Crippen LogP contribution is -2.30. The monoisotopic (exact) mass is 292 g/mol. The lowest BCUT2D eigenvalue weighted by atomic mass is 9.79. The van der Waals surface area contributed by atoms with E-state index in [-0.39, 0.29) is 6.61 Å². The molecule has 0 saturated heterocycles. The van der Waals surface area contributed by atoms with Crippen LogP contribution in [0.3, 0.4) is 0 Å². The molecule has 2 N–H and O–H groups in total. The Morgan fingerprint density at radius 3 is 2.50 bits per heavy atom. The first-order chi connectivity index (χ1) is 9.61. The Bertz CT molecular complexity index is 589. The van der Waals surface area contributed by atoms with Gasteiger partial charge in [-0.1, -0.05) is 35.9 Å². The minimum Gasteiger partial charge on any atom is -0.496 e. The van der Waals surface area contributed by atoms with Crippen LogP contribution in [0.15, 0.2) is 42.5 Å². The van der Waals surface area contributed by atoms with E-state index in [4.69, 9.17) is 21.1 Å². The van der Waals surface area contributed by atoms with E-state index in [1.807, 2.05) is 12.1 Å². The summed E-state index contributed by atoms with van der Waals surface area (Å²) in [6, 6.07) is 12.0. The van der Waals surface area contributed by atoms with Gasteiger partial charge in [-0.15, -0.1) is 0 Å². The van der Waals surface area contributed by atoms with Crippen LogP contribution in [0.25, 0.3) is 0 Å². The number of rotatable bonds is 5. The maximum absolute atomic E-state index is 9.19. The van der Waals surface area contributed by atoms with Crippen LogP contribution in [-0.4, -0.2) is 24.3 Å². The first kappa shape index (κ1) is 14.7. The molecule has 0 saturated carbocycles. The summed E-state index contributed by atoms with van der Waals surface area (Å²) in [5.41, 5.74) is 1.08. The van der Waals surface area contributed by atoms with E-state index < -0.39 is 7.12 Å². The van der Waals surface area contributed by atoms with Gasteiger partial charge in [0, 0.05) is 5.56 Å². The second-order valence-corrected chi connectivity index (χ2v) is 4.57. The third kappa shape index (κ3) is 3.45. The summed E-state index contributed by atoms with van der Waals surface area (Å²) >= 11 is 6.01. The molecule has 20 heavy (non-hydrogen) atoms. The largest absolute Gasteiger partial charge is 0.496 e. The average molecular weight is 293 g/mol. The van der Waals surface area contributed by atoms with Gasteiger partial charge in [0.1, 0.15) is 18.1 Å². The molecule has 0 radical (unpaired) electrons. The molecular formula is C14H14BClO4. The molecule has 0 aliphatic carbocycles. The number of halogens is 1. The van der Waals surface area contributed by atoms with Crippen LogP contribution in [0.2, 0.25) is 5.02 Å². The van der Waals surface area contributed by atoms with Crippen molar-refractivity contribution in [2.45, 2.75) is 6.61 Å². The van der Waals surface area contributed by atoms with Gasteiger partial charge in [0.2, 0.25) is 0 Å². The van der Waals surface area contributed by atoms with Crippen LogP contribution >= 0.6 is 11.6 Å². The molecule has 0 heterocycles. The van der Waals surface area contributed by atoms with Crippen molar-refractivity contribution in [2.75, 3.05) is 7.11 Å². The van der Waals surface area contributed by atoms with E-state index >= 15 is 0 Å². The third-order valence-electron chi connectivity index (χ3n) is 2.82. The van der Waals surface area contributed by atoms with E-state index in [2.05, 4.69) is 0 Å². The van der Waals surface area contributed by atoms with E-state index in [9.17, 15) is 10.0 Å². The van der Waals surface area contributed by atoms with Gasteiger partial charge in [-0.05, 0) is 23.7 Å². The highest BCUT2D eigenvalue weighted by Gasteiger charge is 2.14. The van der Waals surface area contributed by atoms with Crippen LogP contribution in [0.1, 0.15) is 5.56 Å². The number of hydrogen-bond acceptors (Lipinski definition) is 4. The van der Waals surface area contributed by atoms with Gasteiger partial charge in [-0.2, -0.15) is 0 Å². The summed E-state index contributed by atoms with van der Waals surface area (Å²) in [6.07, 6.45) is 0. The van der Waals surface area contributed by atoms with Crippen LogP contribution in [0.5, 0.6) is 11.5 Å². The van der Waals surface area contributed by atoms with Crippen LogP contribution < -0.4 is 14.9 Å². The molecule has 0 fully saturated rings. The maximum Gasteiger partial charge on any atom is 0.488 e. The molecule has 2 aromatic carbocycles. The summed E-state index contributed by atoms with van der Waals surface area (Å²) in [4.78, 5) is 0. The standard InChI is InChI=1S/C14H14BClO4/c1-19-13-7-6-11(15(17)18)8-10(13)9-20-14-5-3-2-4-12(14)16/h2-8,17-18H,9H2,1H3. The summed E-state index contributed by atoms with van der Waals surface area (Å²) in [5.74, 6) is 1.17. The zero-order chi connectivity index (χ0) is 14.5. The molecule has 0 aliphatic rings. The Labute approximate surface area is 122 Å². The normalized spacial score (nSPS) is 10.2. The molecule has 0 unspecified atom stereocenters. The summed E-state index contributed by atoms with van der Waals surface area (Å²) in [7, 11) is 0.0172. The Balaban J connectivity index is 2.19. The van der Waals surface area contributed by atoms with Gasteiger partial charge in [-0.25, -0.2) is 0 Å². The fourth-order valence-corrected chi connectivity index (χ4v) is 1.98. The van der Waals surface area contributed by atoms with Crippen molar-refractivity contribution < 1.29 is 19.5 Å². The molecule has 0 atom stereocenters. The first-order valence-corrected chi connectivity index (χ1v) is 6.40. The van der Waals surface area contributed by atoms with Gasteiger partial charge in [-0.3, -0.25) is 0 Å². The molecule has 0 bridgehead atoms. The zero-order valence-electron chi connectivity index (χ0n) is 10.9. The summed E-state index contributed by atoms with van der Waals surface area (Å²) in [6.45, 7) is 0.216. The molecule has 0 aliphatic heterocycles. The predicted octanol–water partition coefficient (Wildman–Crippen LogP) is 1.61. The predicted molar refractivity (Wildman–Crippen MR) is 78.6 cm³/mol. The topological polar surface area (TPSA) is 58.9 Å².